The molecule has 1 aromatic heterocycles. The van der Waals surface area contributed by atoms with Gasteiger partial charge in [-0.25, -0.2) is 4.39 Å². The molecule has 1 aromatic carbocycles. The van der Waals surface area contributed by atoms with E-state index in [4.69, 9.17) is 9.68 Å². The highest BCUT2D eigenvalue weighted by Gasteiger charge is 2.21. The van der Waals surface area contributed by atoms with E-state index in [2.05, 4.69) is 11.1 Å². The van der Waals surface area contributed by atoms with Crippen molar-refractivity contribution in [3.05, 3.63) is 47.2 Å². The van der Waals surface area contributed by atoms with Crippen LogP contribution in [0.1, 0.15) is 30.0 Å². The van der Waals surface area contributed by atoms with Crippen LogP contribution in [0.15, 0.2) is 28.7 Å². The molecule has 1 aliphatic rings. The SMILES string of the molecule is N#Cc1nc(/C=C/c2ccc(F)cc2)oc1N1CCCC1. The highest BCUT2D eigenvalue weighted by molar-refractivity contribution is 5.67. The van der Waals surface area contributed by atoms with Crippen molar-refractivity contribution in [1.29, 1.82) is 5.26 Å². The zero-order valence-corrected chi connectivity index (χ0v) is 11.4. The predicted molar refractivity (Wildman–Crippen MR) is 78.0 cm³/mol. The second kappa shape index (κ2) is 5.80. The maximum atomic E-state index is 12.8. The Morgan fingerprint density at radius 2 is 1.90 bits per heavy atom. The van der Waals surface area contributed by atoms with Crippen LogP contribution in [0.25, 0.3) is 12.2 Å². The highest BCUT2D eigenvalue weighted by atomic mass is 19.1. The van der Waals surface area contributed by atoms with Gasteiger partial charge in [0.05, 0.1) is 0 Å². The fourth-order valence-corrected chi connectivity index (χ4v) is 2.35. The van der Waals surface area contributed by atoms with Gasteiger partial charge in [-0.1, -0.05) is 12.1 Å². The van der Waals surface area contributed by atoms with Crippen molar-refractivity contribution in [2.45, 2.75) is 12.8 Å². The average Bonchev–Trinajstić information content (AvgIpc) is 3.15. The Balaban J connectivity index is 1.82. The van der Waals surface area contributed by atoms with E-state index in [1.165, 1.54) is 12.1 Å². The Morgan fingerprint density at radius 1 is 1.19 bits per heavy atom. The number of aromatic nitrogens is 1. The Labute approximate surface area is 122 Å². The van der Waals surface area contributed by atoms with Gasteiger partial charge in [0.1, 0.15) is 11.9 Å². The largest absolute Gasteiger partial charge is 0.420 e. The number of benzene rings is 1. The summed E-state index contributed by atoms with van der Waals surface area (Å²) in [6, 6.07) is 8.19. The number of halogens is 1. The van der Waals surface area contributed by atoms with Gasteiger partial charge in [0, 0.05) is 19.2 Å². The maximum Gasteiger partial charge on any atom is 0.235 e. The van der Waals surface area contributed by atoms with Gasteiger partial charge in [-0.15, -0.1) is 0 Å². The molecule has 2 heterocycles. The van der Waals surface area contributed by atoms with Crippen molar-refractivity contribution in [3.63, 3.8) is 0 Å². The summed E-state index contributed by atoms with van der Waals surface area (Å²) in [4.78, 5) is 6.22. The third-order valence-electron chi connectivity index (χ3n) is 3.41. The average molecular weight is 283 g/mol. The lowest BCUT2D eigenvalue weighted by Crippen LogP contribution is -2.17. The Kier molecular flexibility index (Phi) is 3.69. The van der Waals surface area contributed by atoms with Gasteiger partial charge < -0.3 is 9.32 Å². The number of anilines is 1. The Morgan fingerprint density at radius 3 is 2.57 bits per heavy atom. The normalized spacial score (nSPS) is 14.8. The minimum Gasteiger partial charge on any atom is -0.420 e. The van der Waals surface area contributed by atoms with E-state index in [1.807, 2.05) is 4.90 Å². The van der Waals surface area contributed by atoms with Crippen LogP contribution in [-0.4, -0.2) is 18.1 Å². The van der Waals surface area contributed by atoms with Crippen LogP contribution < -0.4 is 4.90 Å². The third-order valence-corrected chi connectivity index (χ3v) is 3.41. The number of hydrogen-bond acceptors (Lipinski definition) is 4. The Bertz CT molecular complexity index is 691. The van der Waals surface area contributed by atoms with Crippen molar-refractivity contribution in [3.8, 4) is 6.07 Å². The number of nitriles is 1. The van der Waals surface area contributed by atoms with Crippen LogP contribution in [0.3, 0.4) is 0 Å². The zero-order valence-electron chi connectivity index (χ0n) is 11.4. The summed E-state index contributed by atoms with van der Waals surface area (Å²) in [7, 11) is 0. The summed E-state index contributed by atoms with van der Waals surface area (Å²) in [5.41, 5.74) is 1.16. The summed E-state index contributed by atoms with van der Waals surface area (Å²) >= 11 is 0. The molecule has 0 atom stereocenters. The van der Waals surface area contributed by atoms with Crippen molar-refractivity contribution < 1.29 is 8.81 Å². The van der Waals surface area contributed by atoms with Crippen molar-refractivity contribution >= 4 is 18.0 Å². The van der Waals surface area contributed by atoms with Crippen LogP contribution in [0.4, 0.5) is 10.3 Å². The molecule has 0 radical (unpaired) electrons. The fraction of sp³-hybridized carbons (Fsp3) is 0.250. The second-order valence-electron chi connectivity index (χ2n) is 4.90. The summed E-state index contributed by atoms with van der Waals surface area (Å²) in [5.74, 6) is 0.665. The molecule has 0 bridgehead atoms. The summed E-state index contributed by atoms with van der Waals surface area (Å²) in [6.07, 6.45) is 5.67. The standard InChI is InChI=1S/C16H14FN3O/c17-13-6-3-12(4-7-13)5-8-15-19-14(11-18)16(21-15)20-9-1-2-10-20/h3-8H,1-2,9-10H2/b8-5+. The Hall–Kier alpha value is -2.61. The number of hydrogen-bond donors (Lipinski definition) is 0. The first-order chi connectivity index (χ1) is 10.3. The second-order valence-corrected chi connectivity index (χ2v) is 4.90. The molecule has 4 nitrogen and oxygen atoms in total. The molecule has 21 heavy (non-hydrogen) atoms. The lowest BCUT2D eigenvalue weighted by Gasteiger charge is -2.12. The highest BCUT2D eigenvalue weighted by Crippen LogP contribution is 2.26. The third kappa shape index (κ3) is 2.95. The molecule has 0 unspecified atom stereocenters. The first kappa shape index (κ1) is 13.4. The molecule has 0 amide bonds. The van der Waals surface area contributed by atoms with Gasteiger partial charge in [0.25, 0.3) is 0 Å². The van der Waals surface area contributed by atoms with Crippen LogP contribution in [-0.2, 0) is 0 Å². The van der Waals surface area contributed by atoms with Crippen LogP contribution in [0.2, 0.25) is 0 Å². The van der Waals surface area contributed by atoms with Crippen LogP contribution in [0, 0.1) is 17.1 Å². The van der Waals surface area contributed by atoms with Crippen molar-refractivity contribution in [2.75, 3.05) is 18.0 Å². The molecule has 106 valence electrons. The molecule has 1 aliphatic heterocycles. The van der Waals surface area contributed by atoms with E-state index in [1.54, 1.807) is 24.3 Å². The van der Waals surface area contributed by atoms with Crippen LogP contribution >= 0.6 is 0 Å². The van der Waals surface area contributed by atoms with Crippen molar-refractivity contribution in [1.82, 2.24) is 4.98 Å². The minimum absolute atomic E-state index is 0.272. The number of nitrogens with zero attached hydrogens (tertiary/aromatic N) is 3. The first-order valence-electron chi connectivity index (χ1n) is 6.86. The molecule has 5 heteroatoms. The topological polar surface area (TPSA) is 53.1 Å². The molecule has 1 saturated heterocycles. The summed E-state index contributed by atoms with van der Waals surface area (Å²) in [6.45, 7) is 1.79. The van der Waals surface area contributed by atoms with Gasteiger partial charge in [0.2, 0.25) is 17.5 Å². The molecule has 0 saturated carbocycles. The molecule has 2 aromatic rings. The fourth-order valence-electron chi connectivity index (χ4n) is 2.35. The van der Waals surface area contributed by atoms with E-state index >= 15 is 0 Å². The molecule has 3 rings (SSSR count). The molecule has 0 N–H and O–H groups in total. The van der Waals surface area contributed by atoms with Gasteiger partial charge in [-0.05, 0) is 36.6 Å². The lowest BCUT2D eigenvalue weighted by atomic mass is 10.2. The maximum absolute atomic E-state index is 12.8. The van der Waals surface area contributed by atoms with Gasteiger partial charge in [0.15, 0.2) is 0 Å². The first-order valence-corrected chi connectivity index (χ1v) is 6.86. The minimum atomic E-state index is -0.272. The molecule has 0 aliphatic carbocycles. The van der Waals surface area contributed by atoms with Crippen LogP contribution in [0.5, 0.6) is 0 Å². The summed E-state index contributed by atoms with van der Waals surface area (Å²) < 4.78 is 18.5. The van der Waals surface area contributed by atoms with Gasteiger partial charge in [-0.2, -0.15) is 10.2 Å². The molecule has 1 fully saturated rings. The van der Waals surface area contributed by atoms with Gasteiger partial charge >= 0.3 is 0 Å². The predicted octanol–water partition coefficient (Wildman–Crippen LogP) is 3.46. The van der Waals surface area contributed by atoms with E-state index in [9.17, 15) is 4.39 Å². The molecule has 0 spiro atoms. The van der Waals surface area contributed by atoms with Crippen molar-refractivity contribution in [2.24, 2.45) is 0 Å². The smallest absolute Gasteiger partial charge is 0.235 e. The number of oxazole rings is 1. The van der Waals surface area contributed by atoms with E-state index in [-0.39, 0.29) is 5.82 Å². The van der Waals surface area contributed by atoms with E-state index < -0.39 is 0 Å². The lowest BCUT2D eigenvalue weighted by molar-refractivity contribution is 0.538. The van der Waals surface area contributed by atoms with E-state index in [0.29, 0.717) is 17.5 Å². The van der Waals surface area contributed by atoms with Gasteiger partial charge in [-0.3, -0.25) is 0 Å². The molecular formula is C16H14FN3O. The number of rotatable bonds is 3. The monoisotopic (exact) mass is 283 g/mol. The molecular weight excluding hydrogens is 269 g/mol. The van der Waals surface area contributed by atoms with E-state index in [0.717, 1.165) is 31.5 Å². The zero-order chi connectivity index (χ0) is 14.7. The quantitative estimate of drug-likeness (QED) is 0.865. The summed E-state index contributed by atoms with van der Waals surface area (Å²) in [5, 5.41) is 9.14.